The van der Waals surface area contributed by atoms with Gasteiger partial charge in [0.05, 0.1) is 11.6 Å². The van der Waals surface area contributed by atoms with Crippen LogP contribution in [-0.4, -0.2) is 13.2 Å². The summed E-state index contributed by atoms with van der Waals surface area (Å²) in [6.07, 6.45) is 0. The van der Waals surface area contributed by atoms with Crippen LogP contribution in [0.2, 0.25) is 5.02 Å². The van der Waals surface area contributed by atoms with E-state index in [4.69, 9.17) is 16.3 Å². The van der Waals surface area contributed by atoms with E-state index in [0.29, 0.717) is 11.6 Å². The maximum Gasteiger partial charge on any atom is 0.138 e. The Morgan fingerprint density at radius 3 is 2.67 bits per heavy atom. The highest BCUT2D eigenvalue weighted by Crippen LogP contribution is 2.28. The summed E-state index contributed by atoms with van der Waals surface area (Å²) in [6.45, 7) is 8.58. The Bertz CT molecular complexity index is 326. The molecule has 0 saturated carbocycles. The SMILES string of the molecule is CCNCc1cc(Cl)c(OCC)cc1C. The van der Waals surface area contributed by atoms with Crippen LogP contribution in [0.15, 0.2) is 12.1 Å². The summed E-state index contributed by atoms with van der Waals surface area (Å²) in [7, 11) is 0. The molecule has 0 amide bonds. The van der Waals surface area contributed by atoms with Gasteiger partial charge in [-0.25, -0.2) is 0 Å². The fourth-order valence-corrected chi connectivity index (χ4v) is 1.65. The minimum absolute atomic E-state index is 0.645. The van der Waals surface area contributed by atoms with Crippen molar-refractivity contribution in [1.29, 1.82) is 0 Å². The third-order valence-electron chi connectivity index (χ3n) is 2.26. The van der Waals surface area contributed by atoms with Gasteiger partial charge < -0.3 is 10.1 Å². The summed E-state index contributed by atoms with van der Waals surface area (Å²) in [5, 5.41) is 3.97. The monoisotopic (exact) mass is 227 g/mol. The highest BCUT2D eigenvalue weighted by molar-refractivity contribution is 6.32. The third-order valence-corrected chi connectivity index (χ3v) is 2.55. The van der Waals surface area contributed by atoms with Crippen LogP contribution < -0.4 is 10.1 Å². The van der Waals surface area contributed by atoms with Gasteiger partial charge in [0.2, 0.25) is 0 Å². The molecule has 0 heterocycles. The van der Waals surface area contributed by atoms with E-state index in [1.807, 2.05) is 19.1 Å². The molecule has 0 aliphatic carbocycles. The molecule has 0 spiro atoms. The second-order valence-corrected chi connectivity index (χ2v) is 3.83. The van der Waals surface area contributed by atoms with Gasteiger partial charge in [-0.2, -0.15) is 0 Å². The first-order chi connectivity index (χ1) is 7.19. The lowest BCUT2D eigenvalue weighted by molar-refractivity contribution is 0.340. The topological polar surface area (TPSA) is 21.3 Å². The fourth-order valence-electron chi connectivity index (χ4n) is 1.41. The molecule has 0 aliphatic rings. The molecule has 0 bridgehead atoms. The lowest BCUT2D eigenvalue weighted by Gasteiger charge is -2.11. The van der Waals surface area contributed by atoms with Crippen molar-refractivity contribution in [2.75, 3.05) is 13.2 Å². The van der Waals surface area contributed by atoms with E-state index < -0.39 is 0 Å². The van der Waals surface area contributed by atoms with E-state index in [0.717, 1.165) is 18.8 Å². The average Bonchev–Trinajstić information content (AvgIpc) is 2.21. The molecular weight excluding hydrogens is 210 g/mol. The highest BCUT2D eigenvalue weighted by atomic mass is 35.5. The Morgan fingerprint density at radius 1 is 1.33 bits per heavy atom. The van der Waals surface area contributed by atoms with Gasteiger partial charge in [-0.1, -0.05) is 18.5 Å². The minimum Gasteiger partial charge on any atom is -0.492 e. The van der Waals surface area contributed by atoms with Gasteiger partial charge in [0.25, 0.3) is 0 Å². The molecule has 15 heavy (non-hydrogen) atoms. The first-order valence-electron chi connectivity index (χ1n) is 5.31. The molecule has 0 atom stereocenters. The van der Waals surface area contributed by atoms with E-state index in [2.05, 4.69) is 19.2 Å². The van der Waals surface area contributed by atoms with Crippen molar-refractivity contribution in [1.82, 2.24) is 5.32 Å². The maximum atomic E-state index is 6.11. The zero-order chi connectivity index (χ0) is 11.3. The number of hydrogen-bond donors (Lipinski definition) is 1. The second-order valence-electron chi connectivity index (χ2n) is 3.42. The smallest absolute Gasteiger partial charge is 0.138 e. The van der Waals surface area contributed by atoms with Crippen molar-refractivity contribution < 1.29 is 4.74 Å². The van der Waals surface area contributed by atoms with Gasteiger partial charge in [-0.05, 0) is 43.7 Å². The van der Waals surface area contributed by atoms with Crippen LogP contribution in [0.4, 0.5) is 0 Å². The number of benzene rings is 1. The van der Waals surface area contributed by atoms with Crippen molar-refractivity contribution in [2.45, 2.75) is 27.3 Å². The summed E-state index contributed by atoms with van der Waals surface area (Å²) in [5.74, 6) is 0.775. The van der Waals surface area contributed by atoms with Crippen LogP contribution >= 0.6 is 11.6 Å². The summed E-state index contributed by atoms with van der Waals surface area (Å²) in [4.78, 5) is 0. The summed E-state index contributed by atoms with van der Waals surface area (Å²) < 4.78 is 5.42. The molecule has 3 heteroatoms. The summed E-state index contributed by atoms with van der Waals surface area (Å²) in [5.41, 5.74) is 2.44. The quantitative estimate of drug-likeness (QED) is 0.835. The van der Waals surface area contributed by atoms with E-state index in [9.17, 15) is 0 Å². The number of ether oxygens (including phenoxy) is 1. The van der Waals surface area contributed by atoms with Crippen molar-refractivity contribution in [2.24, 2.45) is 0 Å². The predicted molar refractivity (Wildman–Crippen MR) is 64.7 cm³/mol. The third kappa shape index (κ3) is 3.40. The molecule has 0 aliphatic heterocycles. The molecular formula is C12H18ClNO. The molecule has 0 saturated heterocycles. The van der Waals surface area contributed by atoms with Gasteiger partial charge >= 0.3 is 0 Å². The standard InChI is InChI=1S/C12H18ClNO/c1-4-14-8-10-7-11(13)12(15-5-2)6-9(10)3/h6-7,14H,4-5,8H2,1-3H3. The van der Waals surface area contributed by atoms with Crippen LogP contribution in [0, 0.1) is 6.92 Å². The average molecular weight is 228 g/mol. The molecule has 1 aromatic carbocycles. The van der Waals surface area contributed by atoms with Crippen molar-refractivity contribution in [3.05, 3.63) is 28.3 Å². The highest BCUT2D eigenvalue weighted by Gasteiger charge is 2.06. The van der Waals surface area contributed by atoms with Crippen LogP contribution in [-0.2, 0) is 6.54 Å². The van der Waals surface area contributed by atoms with Crippen molar-refractivity contribution in [3.63, 3.8) is 0 Å². The molecule has 1 N–H and O–H groups in total. The number of halogens is 1. The molecule has 1 rings (SSSR count). The normalized spacial score (nSPS) is 10.4. The summed E-state index contributed by atoms with van der Waals surface area (Å²) >= 11 is 6.11. The van der Waals surface area contributed by atoms with Crippen LogP contribution in [0.1, 0.15) is 25.0 Å². The second kappa shape index (κ2) is 5.99. The van der Waals surface area contributed by atoms with Gasteiger partial charge in [0.1, 0.15) is 5.75 Å². The molecule has 84 valence electrons. The Hall–Kier alpha value is -0.730. The van der Waals surface area contributed by atoms with Crippen LogP contribution in [0.3, 0.4) is 0 Å². The first kappa shape index (κ1) is 12.3. The van der Waals surface area contributed by atoms with Crippen molar-refractivity contribution >= 4 is 11.6 Å². The molecule has 0 unspecified atom stereocenters. The van der Waals surface area contributed by atoms with Gasteiger partial charge in [-0.3, -0.25) is 0 Å². The van der Waals surface area contributed by atoms with Gasteiger partial charge in [-0.15, -0.1) is 0 Å². The Labute approximate surface area is 96.6 Å². The van der Waals surface area contributed by atoms with Crippen LogP contribution in [0.5, 0.6) is 5.75 Å². The van der Waals surface area contributed by atoms with E-state index in [1.54, 1.807) is 0 Å². The first-order valence-corrected chi connectivity index (χ1v) is 5.69. The number of nitrogens with one attached hydrogen (secondary N) is 1. The molecule has 0 fully saturated rings. The largest absolute Gasteiger partial charge is 0.492 e. The predicted octanol–water partition coefficient (Wildman–Crippen LogP) is 3.16. The fraction of sp³-hybridized carbons (Fsp3) is 0.500. The van der Waals surface area contributed by atoms with E-state index in [1.165, 1.54) is 11.1 Å². The van der Waals surface area contributed by atoms with Gasteiger partial charge in [0, 0.05) is 6.54 Å². The Morgan fingerprint density at radius 2 is 2.07 bits per heavy atom. The van der Waals surface area contributed by atoms with E-state index in [-0.39, 0.29) is 0 Å². The van der Waals surface area contributed by atoms with Crippen molar-refractivity contribution in [3.8, 4) is 5.75 Å². The van der Waals surface area contributed by atoms with Crippen LogP contribution in [0.25, 0.3) is 0 Å². The number of rotatable bonds is 5. The maximum absolute atomic E-state index is 6.11. The molecule has 0 aromatic heterocycles. The molecule has 1 aromatic rings. The van der Waals surface area contributed by atoms with Gasteiger partial charge in [0.15, 0.2) is 0 Å². The molecule has 0 radical (unpaired) electrons. The number of hydrogen-bond acceptors (Lipinski definition) is 2. The summed E-state index contributed by atoms with van der Waals surface area (Å²) in [6, 6.07) is 3.98. The minimum atomic E-state index is 0.645. The lowest BCUT2D eigenvalue weighted by atomic mass is 10.1. The Balaban J connectivity index is 2.87. The number of aryl methyl sites for hydroxylation is 1. The van der Waals surface area contributed by atoms with E-state index >= 15 is 0 Å². The zero-order valence-corrected chi connectivity index (χ0v) is 10.3. The lowest BCUT2D eigenvalue weighted by Crippen LogP contribution is -2.12. The molecule has 2 nitrogen and oxygen atoms in total. The Kier molecular flexibility index (Phi) is 4.92. The zero-order valence-electron chi connectivity index (χ0n) is 9.56.